The second-order valence-corrected chi connectivity index (χ2v) is 5.84. The van der Waals surface area contributed by atoms with Crippen LogP contribution in [0.25, 0.3) is 22.4 Å². The second-order valence-electron chi connectivity index (χ2n) is 5.84. The van der Waals surface area contributed by atoms with E-state index < -0.39 is 5.82 Å². The lowest BCUT2D eigenvalue weighted by Gasteiger charge is -2.17. The van der Waals surface area contributed by atoms with Gasteiger partial charge in [-0.2, -0.15) is 5.26 Å². The number of methoxy groups -OCH3 is 3. The van der Waals surface area contributed by atoms with Crippen molar-refractivity contribution in [2.45, 2.75) is 0 Å². The van der Waals surface area contributed by atoms with Crippen molar-refractivity contribution in [1.82, 2.24) is 4.98 Å². The molecule has 0 aliphatic carbocycles. The number of halogens is 1. The van der Waals surface area contributed by atoms with Gasteiger partial charge in [-0.3, -0.25) is 0 Å². The summed E-state index contributed by atoms with van der Waals surface area (Å²) in [7, 11) is 4.53. The highest BCUT2D eigenvalue weighted by atomic mass is 19.1. The van der Waals surface area contributed by atoms with Crippen LogP contribution >= 0.6 is 0 Å². The predicted octanol–water partition coefficient (Wildman–Crippen LogP) is 4.03. The Morgan fingerprint density at radius 1 is 1.00 bits per heavy atom. The first-order valence-corrected chi connectivity index (χ1v) is 8.29. The Morgan fingerprint density at radius 2 is 1.68 bits per heavy atom. The van der Waals surface area contributed by atoms with Crippen molar-refractivity contribution in [3.63, 3.8) is 0 Å². The molecule has 0 saturated carbocycles. The first-order chi connectivity index (χ1) is 13.5. The van der Waals surface area contributed by atoms with Gasteiger partial charge in [-0.05, 0) is 18.2 Å². The van der Waals surface area contributed by atoms with Crippen molar-refractivity contribution in [1.29, 1.82) is 5.26 Å². The molecule has 28 heavy (non-hydrogen) atoms. The molecule has 0 unspecified atom stereocenters. The largest absolute Gasteiger partial charge is 0.496 e. The fourth-order valence-electron chi connectivity index (χ4n) is 2.95. The average Bonchev–Trinajstić information content (AvgIpc) is 2.72. The summed E-state index contributed by atoms with van der Waals surface area (Å²) in [5, 5.41) is 9.66. The van der Waals surface area contributed by atoms with Crippen LogP contribution in [0.15, 0.2) is 42.5 Å². The van der Waals surface area contributed by atoms with Crippen LogP contribution in [0.4, 0.5) is 10.2 Å². The van der Waals surface area contributed by atoms with Gasteiger partial charge in [0, 0.05) is 23.3 Å². The number of hydrogen-bond donors (Lipinski definition) is 1. The lowest BCUT2D eigenvalue weighted by Crippen LogP contribution is -2.02. The number of nitrogen functional groups attached to an aromatic ring is 1. The molecule has 0 radical (unpaired) electrons. The van der Waals surface area contributed by atoms with Crippen molar-refractivity contribution in [2.24, 2.45) is 0 Å². The SMILES string of the molecule is COc1cc(OC)c(-c2cc(-c3cccc(F)c3)nc(N)c2C#N)c(OC)c1. The van der Waals surface area contributed by atoms with Crippen LogP contribution in [0.3, 0.4) is 0 Å². The maximum Gasteiger partial charge on any atom is 0.142 e. The van der Waals surface area contributed by atoms with Crippen LogP contribution in [0, 0.1) is 17.1 Å². The summed E-state index contributed by atoms with van der Waals surface area (Å²) in [6.45, 7) is 0. The Morgan fingerprint density at radius 3 is 2.21 bits per heavy atom. The zero-order valence-electron chi connectivity index (χ0n) is 15.6. The first-order valence-electron chi connectivity index (χ1n) is 8.29. The Labute approximate surface area is 161 Å². The predicted molar refractivity (Wildman–Crippen MR) is 104 cm³/mol. The van der Waals surface area contributed by atoms with E-state index in [2.05, 4.69) is 11.1 Å². The van der Waals surface area contributed by atoms with E-state index in [1.165, 1.54) is 33.5 Å². The molecular formula is C21H18FN3O3. The molecule has 142 valence electrons. The van der Waals surface area contributed by atoms with Gasteiger partial charge in [0.15, 0.2) is 0 Å². The molecule has 0 fully saturated rings. The number of aromatic nitrogens is 1. The third-order valence-corrected chi connectivity index (χ3v) is 4.26. The Bertz CT molecular complexity index is 1050. The molecule has 1 aromatic heterocycles. The summed E-state index contributed by atoms with van der Waals surface area (Å²) >= 11 is 0. The topological polar surface area (TPSA) is 90.4 Å². The van der Waals surface area contributed by atoms with Crippen LogP contribution in [0.5, 0.6) is 17.2 Å². The molecule has 6 nitrogen and oxygen atoms in total. The molecule has 1 heterocycles. The molecule has 0 spiro atoms. The lowest BCUT2D eigenvalue weighted by atomic mass is 9.96. The fraction of sp³-hybridized carbons (Fsp3) is 0.143. The molecule has 0 bridgehead atoms. The summed E-state index contributed by atoms with van der Waals surface area (Å²) in [6, 6.07) is 13.1. The van der Waals surface area contributed by atoms with Crippen LogP contribution in [0.1, 0.15) is 5.56 Å². The van der Waals surface area contributed by atoms with Crippen LogP contribution < -0.4 is 19.9 Å². The summed E-state index contributed by atoms with van der Waals surface area (Å²) in [4.78, 5) is 4.27. The summed E-state index contributed by atoms with van der Waals surface area (Å²) in [6.07, 6.45) is 0. The minimum Gasteiger partial charge on any atom is -0.496 e. The number of nitrogens with zero attached hydrogens (tertiary/aromatic N) is 2. The maximum absolute atomic E-state index is 13.7. The Kier molecular flexibility index (Phi) is 5.32. The zero-order valence-corrected chi connectivity index (χ0v) is 15.6. The number of anilines is 1. The van der Waals surface area contributed by atoms with Crippen LogP contribution in [0.2, 0.25) is 0 Å². The number of hydrogen-bond acceptors (Lipinski definition) is 6. The smallest absolute Gasteiger partial charge is 0.142 e. The van der Waals surface area contributed by atoms with E-state index in [1.807, 2.05) is 0 Å². The number of nitrogens with two attached hydrogens (primary N) is 1. The van der Waals surface area contributed by atoms with Crippen LogP contribution in [-0.2, 0) is 0 Å². The third kappa shape index (κ3) is 3.40. The highest BCUT2D eigenvalue weighted by molar-refractivity contribution is 5.87. The van der Waals surface area contributed by atoms with Crippen molar-refractivity contribution in [3.8, 4) is 45.7 Å². The number of pyridine rings is 1. The van der Waals surface area contributed by atoms with Gasteiger partial charge in [0.2, 0.25) is 0 Å². The molecule has 2 aromatic carbocycles. The number of ether oxygens (including phenoxy) is 3. The summed E-state index contributed by atoms with van der Waals surface area (Å²) in [5.74, 6) is 1.03. The van der Waals surface area contributed by atoms with E-state index in [4.69, 9.17) is 19.9 Å². The number of rotatable bonds is 5. The number of benzene rings is 2. The van der Waals surface area contributed by atoms with E-state index >= 15 is 0 Å². The molecule has 3 aromatic rings. The van der Waals surface area contributed by atoms with Gasteiger partial charge < -0.3 is 19.9 Å². The average molecular weight is 379 g/mol. The van der Waals surface area contributed by atoms with Gasteiger partial charge in [-0.15, -0.1) is 0 Å². The monoisotopic (exact) mass is 379 g/mol. The van der Waals surface area contributed by atoms with Gasteiger partial charge in [-0.1, -0.05) is 12.1 Å². The molecule has 2 N–H and O–H groups in total. The molecule has 0 saturated heterocycles. The minimum atomic E-state index is -0.400. The zero-order chi connectivity index (χ0) is 20.3. The van der Waals surface area contributed by atoms with E-state index in [-0.39, 0.29) is 11.4 Å². The number of nitriles is 1. The van der Waals surface area contributed by atoms with Crippen molar-refractivity contribution in [2.75, 3.05) is 27.1 Å². The van der Waals surface area contributed by atoms with Gasteiger partial charge >= 0.3 is 0 Å². The van der Waals surface area contributed by atoms with Gasteiger partial charge in [0.1, 0.15) is 40.5 Å². The lowest BCUT2D eigenvalue weighted by molar-refractivity contribution is 0.377. The van der Waals surface area contributed by atoms with E-state index in [1.54, 1.807) is 30.3 Å². The van der Waals surface area contributed by atoms with Crippen molar-refractivity contribution < 1.29 is 18.6 Å². The molecule has 0 aliphatic heterocycles. The van der Waals surface area contributed by atoms with Crippen LogP contribution in [-0.4, -0.2) is 26.3 Å². The molecule has 0 amide bonds. The first kappa shape index (κ1) is 19.0. The van der Waals surface area contributed by atoms with Gasteiger partial charge in [0.25, 0.3) is 0 Å². The van der Waals surface area contributed by atoms with Gasteiger partial charge in [-0.25, -0.2) is 9.37 Å². The Balaban J connectivity index is 2.34. The van der Waals surface area contributed by atoms with Crippen molar-refractivity contribution >= 4 is 5.82 Å². The summed E-state index contributed by atoms with van der Waals surface area (Å²) < 4.78 is 29.9. The molecule has 0 aliphatic rings. The molecule has 7 heteroatoms. The van der Waals surface area contributed by atoms with E-state index in [0.29, 0.717) is 39.6 Å². The Hall–Kier alpha value is -3.79. The maximum atomic E-state index is 13.7. The normalized spacial score (nSPS) is 10.2. The van der Waals surface area contributed by atoms with Gasteiger partial charge in [0.05, 0.1) is 32.6 Å². The highest BCUT2D eigenvalue weighted by Crippen LogP contribution is 2.44. The molecule has 3 rings (SSSR count). The molecule has 0 atom stereocenters. The standard InChI is InChI=1S/C21H18FN3O3/c1-26-14-8-18(27-2)20(19(9-14)28-3)15-10-17(25-21(24)16(15)11-23)12-5-4-6-13(22)7-12/h4-10H,1-3H3,(H2,24,25). The summed E-state index contributed by atoms with van der Waals surface area (Å²) in [5.41, 5.74) is 8.16. The molecular weight excluding hydrogens is 361 g/mol. The van der Waals surface area contributed by atoms with E-state index in [0.717, 1.165) is 0 Å². The minimum absolute atomic E-state index is 0.0270. The van der Waals surface area contributed by atoms with Crippen molar-refractivity contribution in [3.05, 3.63) is 53.8 Å². The second kappa shape index (κ2) is 7.84. The third-order valence-electron chi connectivity index (χ3n) is 4.26. The van der Waals surface area contributed by atoms with E-state index in [9.17, 15) is 9.65 Å². The fourth-order valence-corrected chi connectivity index (χ4v) is 2.95. The quantitative estimate of drug-likeness (QED) is 0.720. The highest BCUT2D eigenvalue weighted by Gasteiger charge is 2.21.